The van der Waals surface area contributed by atoms with Crippen molar-refractivity contribution in [3.05, 3.63) is 59.4 Å². The van der Waals surface area contributed by atoms with Crippen molar-refractivity contribution in [2.75, 3.05) is 5.73 Å². The van der Waals surface area contributed by atoms with E-state index in [1.54, 1.807) is 30.0 Å². The highest BCUT2D eigenvalue weighted by atomic mass is 35.5. The number of halogens is 1. The highest BCUT2D eigenvalue weighted by Gasteiger charge is 2.12. The number of hydrogen-bond donors (Lipinski definition) is 1. The van der Waals surface area contributed by atoms with Crippen molar-refractivity contribution in [1.82, 2.24) is 10.1 Å². The van der Waals surface area contributed by atoms with Gasteiger partial charge in [0, 0.05) is 15.6 Å². The molecule has 4 nitrogen and oxygen atoms in total. The van der Waals surface area contributed by atoms with Gasteiger partial charge in [-0.15, -0.1) is 11.8 Å². The first-order valence-electron chi connectivity index (χ1n) is 6.28. The molecule has 0 saturated heterocycles. The van der Waals surface area contributed by atoms with Crippen molar-refractivity contribution in [2.45, 2.75) is 10.6 Å². The molecule has 0 aliphatic rings. The molecule has 21 heavy (non-hydrogen) atoms. The van der Waals surface area contributed by atoms with Gasteiger partial charge in [0.1, 0.15) is 0 Å². The lowest BCUT2D eigenvalue weighted by atomic mass is 10.2. The Balaban J connectivity index is 1.74. The van der Waals surface area contributed by atoms with E-state index in [9.17, 15) is 0 Å². The van der Waals surface area contributed by atoms with Crippen molar-refractivity contribution in [2.24, 2.45) is 0 Å². The zero-order chi connectivity index (χ0) is 14.7. The maximum atomic E-state index is 5.91. The predicted molar refractivity (Wildman–Crippen MR) is 85.2 cm³/mol. The third-order valence-electron chi connectivity index (χ3n) is 2.82. The Morgan fingerprint density at radius 2 is 1.95 bits per heavy atom. The summed E-state index contributed by atoms with van der Waals surface area (Å²) in [5.41, 5.74) is 7.13. The van der Waals surface area contributed by atoms with Crippen molar-refractivity contribution < 1.29 is 4.52 Å². The largest absolute Gasteiger partial charge is 0.398 e. The van der Waals surface area contributed by atoms with Crippen LogP contribution in [0, 0.1) is 0 Å². The summed E-state index contributed by atoms with van der Waals surface area (Å²) < 4.78 is 5.26. The topological polar surface area (TPSA) is 64.9 Å². The molecule has 0 amide bonds. The van der Waals surface area contributed by atoms with Crippen LogP contribution in [-0.2, 0) is 5.75 Å². The van der Waals surface area contributed by atoms with Gasteiger partial charge in [0.2, 0.25) is 0 Å². The summed E-state index contributed by atoms with van der Waals surface area (Å²) in [5, 5.41) is 4.55. The van der Waals surface area contributed by atoms with E-state index < -0.39 is 0 Å². The molecule has 0 unspecified atom stereocenters. The summed E-state index contributed by atoms with van der Waals surface area (Å²) in [7, 11) is 0. The van der Waals surface area contributed by atoms with Crippen LogP contribution in [0.25, 0.3) is 11.5 Å². The lowest BCUT2D eigenvalue weighted by Crippen LogP contribution is -1.90. The smallest absolute Gasteiger partial charge is 0.260 e. The maximum Gasteiger partial charge on any atom is 0.260 e. The van der Waals surface area contributed by atoms with Gasteiger partial charge in [-0.1, -0.05) is 35.0 Å². The molecule has 1 heterocycles. The Morgan fingerprint density at radius 3 is 2.71 bits per heavy atom. The molecule has 2 N–H and O–H groups in total. The molecular formula is C15H12ClN3OS. The summed E-state index contributed by atoms with van der Waals surface area (Å²) in [4.78, 5) is 5.53. The number of rotatable bonds is 4. The third-order valence-corrected chi connectivity index (χ3v) is 4.07. The van der Waals surface area contributed by atoms with Gasteiger partial charge >= 0.3 is 0 Å². The van der Waals surface area contributed by atoms with Gasteiger partial charge in [0.25, 0.3) is 5.89 Å². The van der Waals surface area contributed by atoms with Gasteiger partial charge < -0.3 is 10.3 Å². The zero-order valence-corrected chi connectivity index (χ0v) is 12.6. The highest BCUT2D eigenvalue weighted by molar-refractivity contribution is 7.98. The zero-order valence-electron chi connectivity index (χ0n) is 11.0. The Morgan fingerprint density at radius 1 is 1.14 bits per heavy atom. The standard InChI is InChI=1S/C15H12ClN3OS/c16-10-6-7-12(13(17)8-10)15-18-14(19-20-15)9-21-11-4-2-1-3-5-11/h1-8H,9,17H2. The molecule has 6 heteroatoms. The van der Waals surface area contributed by atoms with Crippen LogP contribution in [-0.4, -0.2) is 10.1 Å². The third kappa shape index (κ3) is 3.37. The van der Waals surface area contributed by atoms with Gasteiger partial charge in [-0.05, 0) is 30.3 Å². The van der Waals surface area contributed by atoms with E-state index >= 15 is 0 Å². The van der Waals surface area contributed by atoms with Gasteiger partial charge in [0.15, 0.2) is 5.82 Å². The minimum atomic E-state index is 0.410. The van der Waals surface area contributed by atoms with E-state index in [-0.39, 0.29) is 0 Å². The summed E-state index contributed by atoms with van der Waals surface area (Å²) in [6.07, 6.45) is 0. The minimum absolute atomic E-state index is 0.410. The Labute approximate surface area is 131 Å². The van der Waals surface area contributed by atoms with Crippen LogP contribution in [0.5, 0.6) is 0 Å². The minimum Gasteiger partial charge on any atom is -0.398 e. The van der Waals surface area contributed by atoms with E-state index in [1.807, 2.05) is 30.3 Å². The van der Waals surface area contributed by atoms with Crippen molar-refractivity contribution >= 4 is 29.1 Å². The Hall–Kier alpha value is -1.98. The first kappa shape index (κ1) is 14.0. The molecule has 3 aromatic rings. The lowest BCUT2D eigenvalue weighted by Gasteiger charge is -2.00. The molecule has 106 valence electrons. The van der Waals surface area contributed by atoms with Crippen molar-refractivity contribution in [3.63, 3.8) is 0 Å². The molecule has 0 atom stereocenters. The van der Waals surface area contributed by atoms with Crippen LogP contribution in [0.3, 0.4) is 0 Å². The number of anilines is 1. The number of nitrogen functional groups attached to an aromatic ring is 1. The van der Waals surface area contributed by atoms with E-state index in [0.717, 1.165) is 4.90 Å². The van der Waals surface area contributed by atoms with E-state index in [1.165, 1.54) is 0 Å². The summed E-state index contributed by atoms with van der Waals surface area (Å²) >= 11 is 7.53. The van der Waals surface area contributed by atoms with Crippen LogP contribution in [0.15, 0.2) is 57.9 Å². The average Bonchev–Trinajstić information content (AvgIpc) is 2.95. The van der Waals surface area contributed by atoms with Crippen LogP contribution < -0.4 is 5.73 Å². The molecule has 0 spiro atoms. The molecule has 1 aromatic heterocycles. The number of benzene rings is 2. The van der Waals surface area contributed by atoms with Gasteiger partial charge in [-0.2, -0.15) is 4.98 Å². The first-order valence-corrected chi connectivity index (χ1v) is 7.64. The van der Waals surface area contributed by atoms with Gasteiger partial charge in [-0.3, -0.25) is 0 Å². The van der Waals surface area contributed by atoms with Crippen molar-refractivity contribution in [3.8, 4) is 11.5 Å². The fourth-order valence-corrected chi connectivity index (χ4v) is 2.76. The molecule has 0 bridgehead atoms. The average molecular weight is 318 g/mol. The van der Waals surface area contributed by atoms with Gasteiger partial charge in [-0.25, -0.2) is 0 Å². The van der Waals surface area contributed by atoms with E-state index in [0.29, 0.717) is 33.7 Å². The lowest BCUT2D eigenvalue weighted by molar-refractivity contribution is 0.425. The van der Waals surface area contributed by atoms with Gasteiger partial charge in [0.05, 0.1) is 11.3 Å². The Kier molecular flexibility index (Phi) is 4.13. The number of thioether (sulfide) groups is 1. The molecule has 3 rings (SSSR count). The quantitative estimate of drug-likeness (QED) is 0.575. The van der Waals surface area contributed by atoms with Crippen LogP contribution in [0.4, 0.5) is 5.69 Å². The fourth-order valence-electron chi connectivity index (χ4n) is 1.81. The second kappa shape index (κ2) is 6.20. The molecule has 0 radical (unpaired) electrons. The van der Waals surface area contributed by atoms with Crippen molar-refractivity contribution in [1.29, 1.82) is 0 Å². The summed E-state index contributed by atoms with van der Waals surface area (Å²) in [6, 6.07) is 15.3. The molecule has 0 aliphatic heterocycles. The highest BCUT2D eigenvalue weighted by Crippen LogP contribution is 2.28. The van der Waals surface area contributed by atoms with Crippen LogP contribution in [0.1, 0.15) is 5.82 Å². The fraction of sp³-hybridized carbons (Fsp3) is 0.0667. The molecule has 0 fully saturated rings. The first-order chi connectivity index (χ1) is 10.2. The number of nitrogens with zero attached hydrogens (tertiary/aromatic N) is 2. The second-order valence-corrected chi connectivity index (χ2v) is 5.83. The number of hydrogen-bond acceptors (Lipinski definition) is 5. The second-order valence-electron chi connectivity index (χ2n) is 4.35. The summed E-state index contributed by atoms with van der Waals surface area (Å²) in [6.45, 7) is 0. The normalized spacial score (nSPS) is 10.7. The molecule has 2 aromatic carbocycles. The van der Waals surface area contributed by atoms with Crippen LogP contribution in [0.2, 0.25) is 5.02 Å². The molecule has 0 aliphatic carbocycles. The van der Waals surface area contributed by atoms with E-state index in [2.05, 4.69) is 10.1 Å². The molecular weight excluding hydrogens is 306 g/mol. The predicted octanol–water partition coefficient (Wildman–Crippen LogP) is 4.26. The van der Waals surface area contributed by atoms with E-state index in [4.69, 9.17) is 21.9 Å². The number of aromatic nitrogens is 2. The SMILES string of the molecule is Nc1cc(Cl)ccc1-c1nc(CSc2ccccc2)no1. The number of nitrogens with two attached hydrogens (primary N) is 1. The van der Waals surface area contributed by atoms with Crippen LogP contribution >= 0.6 is 23.4 Å². The molecule has 0 saturated carbocycles. The monoisotopic (exact) mass is 317 g/mol. The Bertz CT molecular complexity index is 746. The maximum absolute atomic E-state index is 5.91. The summed E-state index contributed by atoms with van der Waals surface area (Å²) in [5.74, 6) is 1.68.